The lowest BCUT2D eigenvalue weighted by atomic mass is 9.67. The minimum Gasteiger partial charge on any atom is -0.401 e. The molecule has 0 aliphatic rings. The molecule has 0 rings (SSSR count). The van der Waals surface area contributed by atoms with E-state index in [4.69, 9.17) is 16.9 Å². The summed E-state index contributed by atoms with van der Waals surface area (Å²) in [5.74, 6) is -0.646. The molecular formula is C14H31BN4O. The molecule has 6 heteroatoms. The molecule has 0 saturated heterocycles. The van der Waals surface area contributed by atoms with Gasteiger partial charge in [-0.25, -0.2) is 0 Å². The molecule has 0 aliphatic carbocycles. The molecule has 0 aromatic carbocycles. The van der Waals surface area contributed by atoms with Crippen LogP contribution in [0.1, 0.15) is 65.7 Å². The first-order valence-electron chi connectivity index (χ1n) is 7.75. The van der Waals surface area contributed by atoms with Gasteiger partial charge in [-0.1, -0.05) is 52.9 Å². The monoisotopic (exact) mass is 282 g/mol. The Labute approximate surface area is 124 Å². The highest BCUT2D eigenvalue weighted by molar-refractivity contribution is 6.45. The lowest BCUT2D eigenvalue weighted by Gasteiger charge is -2.31. The SMILES string of the molecule is CCCCCC(C)(CCCC)C(=O)C(N)BNC(=N)N. The number of Topliss-reactive ketones (excluding diaryl/α,β-unsaturated/α-hetero) is 1. The fraction of sp³-hybridized carbons (Fsp3) is 0.857. The van der Waals surface area contributed by atoms with Crippen molar-refractivity contribution < 1.29 is 4.79 Å². The van der Waals surface area contributed by atoms with Crippen LogP contribution in [-0.4, -0.2) is 25.1 Å². The summed E-state index contributed by atoms with van der Waals surface area (Å²) < 4.78 is 0. The van der Waals surface area contributed by atoms with E-state index in [2.05, 4.69) is 19.1 Å². The summed E-state index contributed by atoms with van der Waals surface area (Å²) in [6.45, 7) is 6.33. The number of nitrogens with one attached hydrogen (secondary N) is 2. The van der Waals surface area contributed by atoms with Gasteiger partial charge in [0.05, 0.1) is 5.94 Å². The van der Waals surface area contributed by atoms with E-state index in [9.17, 15) is 4.79 Å². The maximum atomic E-state index is 12.6. The molecule has 5 nitrogen and oxygen atoms in total. The van der Waals surface area contributed by atoms with Gasteiger partial charge in [-0.2, -0.15) is 0 Å². The highest BCUT2D eigenvalue weighted by Gasteiger charge is 2.35. The maximum absolute atomic E-state index is 12.6. The van der Waals surface area contributed by atoms with Crippen molar-refractivity contribution in [2.75, 3.05) is 0 Å². The molecule has 0 radical (unpaired) electrons. The minimum absolute atomic E-state index is 0.0933. The van der Waals surface area contributed by atoms with Crippen molar-refractivity contribution in [2.24, 2.45) is 16.9 Å². The number of nitrogens with two attached hydrogens (primary N) is 2. The molecular weight excluding hydrogens is 251 g/mol. The fourth-order valence-corrected chi connectivity index (χ4v) is 2.46. The molecule has 6 N–H and O–H groups in total. The maximum Gasteiger partial charge on any atom is 0.261 e. The van der Waals surface area contributed by atoms with Crippen molar-refractivity contribution in [1.29, 1.82) is 5.41 Å². The van der Waals surface area contributed by atoms with E-state index in [0.29, 0.717) is 0 Å². The van der Waals surface area contributed by atoms with Crippen molar-refractivity contribution in [2.45, 2.75) is 71.7 Å². The lowest BCUT2D eigenvalue weighted by molar-refractivity contribution is -0.128. The Morgan fingerprint density at radius 3 is 2.30 bits per heavy atom. The summed E-state index contributed by atoms with van der Waals surface area (Å²) in [5, 5.41) is 9.77. The third-order valence-electron chi connectivity index (χ3n) is 3.86. The van der Waals surface area contributed by atoms with Gasteiger partial charge >= 0.3 is 0 Å². The molecule has 0 fully saturated rings. The van der Waals surface area contributed by atoms with Gasteiger partial charge in [0.25, 0.3) is 7.41 Å². The van der Waals surface area contributed by atoms with Gasteiger partial charge in [0.2, 0.25) is 0 Å². The van der Waals surface area contributed by atoms with Gasteiger partial charge in [0.1, 0.15) is 5.78 Å². The van der Waals surface area contributed by atoms with Crippen LogP contribution in [0.15, 0.2) is 0 Å². The molecule has 0 aliphatic heterocycles. The van der Waals surface area contributed by atoms with Gasteiger partial charge in [-0.05, 0) is 12.8 Å². The first-order valence-corrected chi connectivity index (χ1v) is 7.75. The summed E-state index contributed by atoms with van der Waals surface area (Å²) >= 11 is 0. The van der Waals surface area contributed by atoms with E-state index >= 15 is 0 Å². The molecule has 0 aromatic rings. The number of unbranched alkanes of at least 4 members (excludes halogenated alkanes) is 3. The largest absolute Gasteiger partial charge is 0.401 e. The van der Waals surface area contributed by atoms with Crippen LogP contribution in [0.4, 0.5) is 0 Å². The zero-order valence-corrected chi connectivity index (χ0v) is 13.3. The van der Waals surface area contributed by atoms with E-state index in [0.717, 1.165) is 44.9 Å². The van der Waals surface area contributed by atoms with Crippen molar-refractivity contribution in [1.82, 2.24) is 5.23 Å². The predicted molar refractivity (Wildman–Crippen MR) is 87.0 cm³/mol. The fourth-order valence-electron chi connectivity index (χ4n) is 2.46. The Morgan fingerprint density at radius 1 is 1.25 bits per heavy atom. The number of guanidine groups is 1. The van der Waals surface area contributed by atoms with Crippen LogP contribution >= 0.6 is 0 Å². The standard InChI is InChI=1S/C14H31BN4O/c1-4-6-8-10-14(3,9-7-5-2)11(20)12(16)15-19-13(17)18/h12,15H,4-10,16H2,1-3H3,(H4,17,18,19). The van der Waals surface area contributed by atoms with Crippen LogP contribution in [0.5, 0.6) is 0 Å². The molecule has 0 bridgehead atoms. The number of hydrogen-bond acceptors (Lipinski definition) is 3. The molecule has 0 amide bonds. The van der Waals surface area contributed by atoms with Gasteiger partial charge in [-0.15, -0.1) is 0 Å². The number of carbonyl (C=O) groups is 1. The molecule has 0 spiro atoms. The lowest BCUT2D eigenvalue weighted by Crippen LogP contribution is -2.52. The molecule has 20 heavy (non-hydrogen) atoms. The highest BCUT2D eigenvalue weighted by atomic mass is 16.1. The topological polar surface area (TPSA) is 105 Å². The Kier molecular flexibility index (Phi) is 9.30. The highest BCUT2D eigenvalue weighted by Crippen LogP contribution is 2.32. The third-order valence-corrected chi connectivity index (χ3v) is 3.86. The second kappa shape index (κ2) is 9.80. The number of carbonyl (C=O) groups excluding carboxylic acids is 1. The van der Waals surface area contributed by atoms with Gasteiger partial charge < -0.3 is 16.7 Å². The summed E-state index contributed by atoms with van der Waals surface area (Å²) in [5.41, 5.74) is 10.9. The molecule has 116 valence electrons. The van der Waals surface area contributed by atoms with E-state index in [1.807, 2.05) is 6.92 Å². The minimum atomic E-state index is -0.595. The van der Waals surface area contributed by atoms with Gasteiger partial charge in [-0.3, -0.25) is 10.2 Å². The predicted octanol–water partition coefficient (Wildman–Crippen LogP) is 1.45. The average Bonchev–Trinajstić information content (AvgIpc) is 2.42. The van der Waals surface area contributed by atoms with E-state index < -0.39 is 5.94 Å². The van der Waals surface area contributed by atoms with Gasteiger partial charge in [0.15, 0.2) is 5.96 Å². The van der Waals surface area contributed by atoms with Crippen molar-refractivity contribution >= 4 is 19.2 Å². The number of hydrogen-bond donors (Lipinski definition) is 4. The van der Waals surface area contributed by atoms with Crippen molar-refractivity contribution in [3.63, 3.8) is 0 Å². The smallest absolute Gasteiger partial charge is 0.261 e. The van der Waals surface area contributed by atoms with Crippen LogP contribution in [0.25, 0.3) is 0 Å². The van der Waals surface area contributed by atoms with Crippen molar-refractivity contribution in [3.05, 3.63) is 0 Å². The summed E-state index contributed by atoms with van der Waals surface area (Å²) in [6.07, 6.45) is 7.27. The quantitative estimate of drug-likeness (QED) is 0.199. The zero-order chi connectivity index (χ0) is 15.6. The first kappa shape index (κ1) is 19.0. The summed E-state index contributed by atoms with van der Waals surface area (Å²) in [7, 11) is 0.240. The Balaban J connectivity index is 4.63. The van der Waals surface area contributed by atoms with E-state index in [1.54, 1.807) is 0 Å². The van der Waals surface area contributed by atoms with Crippen LogP contribution in [0.3, 0.4) is 0 Å². The van der Waals surface area contributed by atoms with Crippen molar-refractivity contribution in [3.8, 4) is 0 Å². The van der Waals surface area contributed by atoms with Crippen LogP contribution in [0, 0.1) is 10.8 Å². The zero-order valence-electron chi connectivity index (χ0n) is 13.3. The summed E-state index contributed by atoms with van der Waals surface area (Å²) in [4.78, 5) is 12.6. The van der Waals surface area contributed by atoms with Crippen LogP contribution < -0.4 is 16.7 Å². The Morgan fingerprint density at radius 2 is 1.80 bits per heavy atom. The molecule has 0 aromatic heterocycles. The van der Waals surface area contributed by atoms with Gasteiger partial charge in [0, 0.05) is 5.41 Å². The molecule has 0 heterocycles. The molecule has 0 saturated carbocycles. The molecule has 2 unspecified atom stereocenters. The Hall–Kier alpha value is -1.04. The Bertz CT molecular complexity index is 312. The molecule has 2 atom stereocenters. The third kappa shape index (κ3) is 6.94. The normalized spacial score (nSPS) is 15.2. The summed E-state index contributed by atoms with van der Waals surface area (Å²) in [6, 6.07) is 0. The second-order valence-electron chi connectivity index (χ2n) is 5.89. The number of ketones is 1. The van der Waals surface area contributed by atoms with Crippen LogP contribution in [0.2, 0.25) is 0 Å². The number of rotatable bonds is 11. The average molecular weight is 282 g/mol. The van der Waals surface area contributed by atoms with E-state index in [1.165, 1.54) is 0 Å². The first-order chi connectivity index (χ1) is 9.37. The van der Waals surface area contributed by atoms with Crippen LogP contribution in [-0.2, 0) is 4.79 Å². The second-order valence-corrected chi connectivity index (χ2v) is 5.89. The van der Waals surface area contributed by atoms with E-state index in [-0.39, 0.29) is 24.6 Å².